The number of benzene rings is 1. The van der Waals surface area contributed by atoms with Crippen LogP contribution in [0.5, 0.6) is 0 Å². The average molecular weight is 241 g/mol. The molecule has 0 fully saturated rings. The summed E-state index contributed by atoms with van der Waals surface area (Å²) in [5.74, 6) is 0. The minimum Gasteiger partial charge on any atom is -0.624 e. The number of rotatable bonds is 3. The lowest BCUT2D eigenvalue weighted by molar-refractivity contribution is -0.861. The smallest absolute Gasteiger partial charge is 0.279 e. The molecule has 0 heterocycles. The SMILES string of the molecule is C[N+](C)(C)C/C(O)=[P+](\[O-])c1ccc(N)cc1. The number of aliphatic hydroxyl groups excluding tert-OH is 1. The van der Waals surface area contributed by atoms with Crippen molar-refractivity contribution in [3.05, 3.63) is 24.3 Å². The van der Waals surface area contributed by atoms with Crippen molar-refractivity contribution in [2.45, 2.75) is 0 Å². The lowest BCUT2D eigenvalue weighted by atomic mass is 10.3. The molecular formula is C11H18N2O2P+. The quantitative estimate of drug-likeness (QED) is 0.439. The Morgan fingerprint density at radius 1 is 1.31 bits per heavy atom. The Morgan fingerprint density at radius 2 is 1.81 bits per heavy atom. The Kier molecular flexibility index (Phi) is 4.05. The number of nitrogens with two attached hydrogens (primary N) is 1. The lowest BCUT2D eigenvalue weighted by Gasteiger charge is -2.22. The van der Waals surface area contributed by atoms with Gasteiger partial charge in [-0.1, -0.05) is 0 Å². The van der Waals surface area contributed by atoms with Gasteiger partial charge in [-0.15, -0.1) is 0 Å². The van der Waals surface area contributed by atoms with E-state index in [1.807, 2.05) is 21.1 Å². The lowest BCUT2D eigenvalue weighted by Crippen LogP contribution is -2.40. The van der Waals surface area contributed by atoms with E-state index in [0.29, 0.717) is 22.0 Å². The van der Waals surface area contributed by atoms with E-state index in [2.05, 4.69) is 0 Å². The molecule has 3 N–H and O–H groups in total. The Morgan fingerprint density at radius 3 is 2.25 bits per heavy atom. The van der Waals surface area contributed by atoms with Crippen molar-refractivity contribution in [1.29, 1.82) is 0 Å². The fourth-order valence-corrected chi connectivity index (χ4v) is 2.52. The van der Waals surface area contributed by atoms with Gasteiger partial charge in [0.25, 0.3) is 5.48 Å². The van der Waals surface area contributed by atoms with Gasteiger partial charge in [-0.25, -0.2) is 0 Å². The van der Waals surface area contributed by atoms with Crippen LogP contribution in [0.15, 0.2) is 24.3 Å². The summed E-state index contributed by atoms with van der Waals surface area (Å²) in [6.07, 6.45) is 0. The number of nitrogen functional groups attached to an aromatic ring is 1. The molecule has 1 atom stereocenters. The van der Waals surface area contributed by atoms with Crippen molar-refractivity contribution in [3.63, 3.8) is 0 Å². The molecule has 0 aliphatic carbocycles. The van der Waals surface area contributed by atoms with Crippen LogP contribution in [0.4, 0.5) is 5.69 Å². The number of quaternary nitrogens is 1. The van der Waals surface area contributed by atoms with Gasteiger partial charge in [0.05, 0.1) is 21.1 Å². The summed E-state index contributed by atoms with van der Waals surface area (Å²) in [5.41, 5.74) is 6.18. The van der Waals surface area contributed by atoms with Crippen molar-refractivity contribution < 1.29 is 14.5 Å². The van der Waals surface area contributed by atoms with Crippen LogP contribution < -0.4 is 15.9 Å². The molecule has 0 amide bonds. The van der Waals surface area contributed by atoms with Crippen molar-refractivity contribution in [2.75, 3.05) is 33.4 Å². The van der Waals surface area contributed by atoms with Crippen LogP contribution in [0.3, 0.4) is 0 Å². The highest BCUT2D eigenvalue weighted by Gasteiger charge is 2.18. The summed E-state index contributed by atoms with van der Waals surface area (Å²) in [6.45, 7) is 0.375. The molecule has 1 aromatic rings. The highest BCUT2D eigenvalue weighted by atomic mass is 31.1. The number of likely N-dealkylation sites (N-methyl/N-ethyl adjacent to an activating group) is 1. The topological polar surface area (TPSA) is 69.3 Å². The predicted octanol–water partition coefficient (Wildman–Crippen LogP) is -0.140. The van der Waals surface area contributed by atoms with Crippen molar-refractivity contribution in [1.82, 2.24) is 0 Å². The van der Waals surface area contributed by atoms with E-state index in [1.54, 1.807) is 24.3 Å². The van der Waals surface area contributed by atoms with E-state index in [4.69, 9.17) is 5.73 Å². The summed E-state index contributed by atoms with van der Waals surface area (Å²) in [5, 5.41) is 10.4. The van der Waals surface area contributed by atoms with Gasteiger partial charge in [0.15, 0.2) is 6.54 Å². The molecule has 0 spiro atoms. The number of hydrogen-bond acceptors (Lipinski definition) is 2. The number of nitrogens with zero attached hydrogens (tertiary/aromatic N) is 1. The van der Waals surface area contributed by atoms with Gasteiger partial charge in [0.2, 0.25) is 0 Å². The maximum absolute atomic E-state index is 11.9. The highest BCUT2D eigenvalue weighted by Crippen LogP contribution is 2.15. The van der Waals surface area contributed by atoms with Crippen molar-refractivity contribution in [2.24, 2.45) is 0 Å². The molecule has 1 aromatic carbocycles. The molecule has 0 aromatic heterocycles. The van der Waals surface area contributed by atoms with Crippen LogP contribution in [0.2, 0.25) is 0 Å². The van der Waals surface area contributed by atoms with Gasteiger partial charge in [0.1, 0.15) is 13.1 Å². The van der Waals surface area contributed by atoms with Gasteiger partial charge >= 0.3 is 0 Å². The summed E-state index contributed by atoms with van der Waals surface area (Å²) >= 11 is 0. The van der Waals surface area contributed by atoms with Crippen LogP contribution in [0.1, 0.15) is 0 Å². The second kappa shape index (κ2) is 4.93. The first-order chi connectivity index (χ1) is 7.29. The molecule has 1 unspecified atom stereocenters. The van der Waals surface area contributed by atoms with Crippen molar-refractivity contribution in [3.8, 4) is 0 Å². The summed E-state index contributed by atoms with van der Waals surface area (Å²) in [7, 11) is 3.94. The van der Waals surface area contributed by atoms with Crippen LogP contribution in [0, 0.1) is 0 Å². The zero-order chi connectivity index (χ0) is 12.3. The van der Waals surface area contributed by atoms with E-state index in [-0.39, 0.29) is 5.48 Å². The van der Waals surface area contributed by atoms with Gasteiger partial charge < -0.3 is 20.2 Å². The molecule has 16 heavy (non-hydrogen) atoms. The molecule has 1 rings (SSSR count). The van der Waals surface area contributed by atoms with Gasteiger partial charge in [-0.2, -0.15) is 0 Å². The van der Waals surface area contributed by atoms with E-state index in [9.17, 15) is 10.00 Å². The Bertz CT molecular complexity index is 393. The molecule has 0 bridgehead atoms. The highest BCUT2D eigenvalue weighted by molar-refractivity contribution is 7.59. The minimum atomic E-state index is -1.86. The van der Waals surface area contributed by atoms with Gasteiger partial charge in [-0.3, -0.25) is 0 Å². The molecule has 0 radical (unpaired) electrons. The van der Waals surface area contributed by atoms with Gasteiger partial charge in [0, 0.05) is 5.69 Å². The first-order valence-corrected chi connectivity index (χ1v) is 6.23. The number of aliphatic hydroxyl groups is 1. The monoisotopic (exact) mass is 241 g/mol. The molecule has 0 aliphatic heterocycles. The van der Waals surface area contributed by atoms with E-state index < -0.39 is 7.77 Å². The largest absolute Gasteiger partial charge is 0.624 e. The zero-order valence-corrected chi connectivity index (χ0v) is 10.7. The first kappa shape index (κ1) is 13.1. The van der Waals surface area contributed by atoms with E-state index >= 15 is 0 Å². The molecule has 0 aliphatic rings. The molecule has 88 valence electrons. The second-order valence-electron chi connectivity index (χ2n) is 4.75. The van der Waals surface area contributed by atoms with Crippen LogP contribution in [-0.2, 0) is 0 Å². The summed E-state index contributed by atoms with van der Waals surface area (Å²) in [6, 6.07) is 6.73. The fraction of sp³-hybridized carbons (Fsp3) is 0.364. The molecule has 0 saturated heterocycles. The van der Waals surface area contributed by atoms with E-state index in [1.165, 1.54) is 0 Å². The molecule has 0 saturated carbocycles. The standard InChI is InChI=1S/C11H17N2O2P/c1-13(2,3)8-11(14)16(15)10-6-4-9(12)5-7-10/h4-7H,8,12H2,1-3H3/p+1. The van der Waals surface area contributed by atoms with Gasteiger partial charge in [-0.05, 0) is 24.3 Å². The second-order valence-corrected chi connectivity index (χ2v) is 6.37. The predicted molar refractivity (Wildman–Crippen MR) is 67.3 cm³/mol. The summed E-state index contributed by atoms with van der Waals surface area (Å²) in [4.78, 5) is 11.9. The Balaban J connectivity index is 2.95. The normalized spacial score (nSPS) is 13.6. The molecule has 4 nitrogen and oxygen atoms in total. The zero-order valence-electron chi connectivity index (χ0n) is 9.84. The number of anilines is 1. The third-order valence-corrected chi connectivity index (χ3v) is 3.36. The molecular weight excluding hydrogens is 223 g/mol. The minimum absolute atomic E-state index is 0.0206. The van der Waals surface area contributed by atoms with Crippen LogP contribution in [0.25, 0.3) is 0 Å². The average Bonchev–Trinajstić information content (AvgIpc) is 2.15. The first-order valence-electron chi connectivity index (χ1n) is 4.97. The van der Waals surface area contributed by atoms with Crippen LogP contribution >= 0.6 is 7.77 Å². The third-order valence-electron chi connectivity index (χ3n) is 1.98. The molecule has 5 heteroatoms. The maximum Gasteiger partial charge on any atom is 0.279 e. The Hall–Kier alpha value is -0.930. The maximum atomic E-state index is 11.9. The summed E-state index contributed by atoms with van der Waals surface area (Å²) < 4.78 is 0.544. The fourth-order valence-electron chi connectivity index (χ4n) is 1.25. The third kappa shape index (κ3) is 3.91. The Labute approximate surface area is 97.0 Å². The van der Waals surface area contributed by atoms with Crippen LogP contribution in [-0.4, -0.2) is 42.8 Å². The van der Waals surface area contributed by atoms with E-state index in [0.717, 1.165) is 0 Å². The van der Waals surface area contributed by atoms with Crippen molar-refractivity contribution >= 4 is 24.2 Å². The number of hydrogen-bond donors (Lipinski definition) is 2.